The minimum absolute atomic E-state index is 0.235. The van der Waals surface area contributed by atoms with Crippen LogP contribution in [0, 0.1) is 29.5 Å². The summed E-state index contributed by atoms with van der Waals surface area (Å²) in [6, 6.07) is 11.0. The first kappa shape index (κ1) is 19.5. The molecule has 5 rings (SSSR count). The highest BCUT2D eigenvalue weighted by molar-refractivity contribution is 5.79. The maximum atomic E-state index is 13.5. The van der Waals surface area contributed by atoms with Crippen LogP contribution in [-0.2, 0) is 4.79 Å². The second-order valence-electron chi connectivity index (χ2n) is 9.30. The first-order valence-electron chi connectivity index (χ1n) is 11.3. The number of nitrogens with zero attached hydrogens (tertiary/aromatic N) is 2. The van der Waals surface area contributed by atoms with Crippen molar-refractivity contribution in [3.05, 3.63) is 60.2 Å². The molecule has 156 valence electrons. The van der Waals surface area contributed by atoms with Crippen molar-refractivity contribution in [2.45, 2.75) is 44.6 Å². The number of fused-ring (bicyclic) bond motifs is 2. The van der Waals surface area contributed by atoms with Gasteiger partial charge in [0, 0.05) is 31.3 Å². The van der Waals surface area contributed by atoms with Crippen molar-refractivity contribution in [2.24, 2.45) is 23.7 Å². The maximum Gasteiger partial charge on any atom is 0.222 e. The summed E-state index contributed by atoms with van der Waals surface area (Å²) in [6.45, 7) is 0. The Kier molecular flexibility index (Phi) is 5.18. The highest BCUT2D eigenvalue weighted by Gasteiger charge is 2.50. The summed E-state index contributed by atoms with van der Waals surface area (Å²) in [5, 5.41) is 0. The van der Waals surface area contributed by atoms with E-state index in [1.54, 1.807) is 6.07 Å². The number of hydrogen-bond acceptors (Lipinski definition) is 2. The molecule has 5 atom stereocenters. The normalized spacial score (nSPS) is 31.1. The van der Waals surface area contributed by atoms with Crippen molar-refractivity contribution in [1.29, 1.82) is 0 Å². The van der Waals surface area contributed by atoms with Crippen LogP contribution in [0.4, 0.5) is 4.39 Å². The van der Waals surface area contributed by atoms with Crippen LogP contribution in [0.5, 0.6) is 0 Å². The summed E-state index contributed by atoms with van der Waals surface area (Å²) < 4.78 is 13.5. The molecule has 0 spiro atoms. The highest BCUT2D eigenvalue weighted by Crippen LogP contribution is 2.51. The van der Waals surface area contributed by atoms with Crippen molar-refractivity contribution < 1.29 is 9.18 Å². The lowest BCUT2D eigenvalue weighted by molar-refractivity contribution is -0.127. The molecule has 1 amide bonds. The zero-order valence-corrected chi connectivity index (χ0v) is 17.5. The van der Waals surface area contributed by atoms with Gasteiger partial charge in [0.25, 0.3) is 0 Å². The van der Waals surface area contributed by atoms with E-state index in [0.717, 1.165) is 22.7 Å². The van der Waals surface area contributed by atoms with Gasteiger partial charge in [0.2, 0.25) is 5.91 Å². The molecule has 3 unspecified atom stereocenters. The van der Waals surface area contributed by atoms with Gasteiger partial charge in [0.1, 0.15) is 5.82 Å². The predicted octanol–water partition coefficient (Wildman–Crippen LogP) is 5.57. The summed E-state index contributed by atoms with van der Waals surface area (Å²) in [5.41, 5.74) is 2.67. The number of halogens is 1. The summed E-state index contributed by atoms with van der Waals surface area (Å²) in [7, 11) is 1.99. The molecule has 3 aliphatic rings. The van der Waals surface area contributed by atoms with Gasteiger partial charge in [-0.3, -0.25) is 9.78 Å². The number of hydrogen-bond donors (Lipinski definition) is 0. The average molecular weight is 405 g/mol. The van der Waals surface area contributed by atoms with Gasteiger partial charge in [-0.15, -0.1) is 0 Å². The van der Waals surface area contributed by atoms with Crippen LogP contribution in [0.3, 0.4) is 0 Å². The fraction of sp³-hybridized carbons (Fsp3) is 0.462. The van der Waals surface area contributed by atoms with Gasteiger partial charge in [0.05, 0.1) is 5.69 Å². The number of likely N-dealkylation sites (tertiary alicyclic amines) is 1. The molecule has 30 heavy (non-hydrogen) atoms. The van der Waals surface area contributed by atoms with Gasteiger partial charge in [-0.1, -0.05) is 43.5 Å². The smallest absolute Gasteiger partial charge is 0.222 e. The van der Waals surface area contributed by atoms with E-state index in [4.69, 9.17) is 0 Å². The Bertz CT molecular complexity index is 954. The van der Waals surface area contributed by atoms with Crippen molar-refractivity contribution in [1.82, 2.24) is 9.88 Å². The van der Waals surface area contributed by atoms with E-state index in [-0.39, 0.29) is 5.82 Å². The number of allylic oxidation sites excluding steroid dienone is 1. The number of carbonyl (C=O) groups is 1. The molecule has 0 N–H and O–H groups in total. The second kappa shape index (κ2) is 7.98. The van der Waals surface area contributed by atoms with Gasteiger partial charge in [-0.25, -0.2) is 4.39 Å². The van der Waals surface area contributed by atoms with Gasteiger partial charge >= 0.3 is 0 Å². The zero-order chi connectivity index (χ0) is 20.7. The number of aromatic nitrogens is 1. The lowest BCUT2D eigenvalue weighted by atomic mass is 9.60. The molecule has 0 radical (unpaired) electrons. The monoisotopic (exact) mass is 404 g/mol. The van der Waals surface area contributed by atoms with Crippen molar-refractivity contribution in [3.63, 3.8) is 0 Å². The molecule has 1 aromatic heterocycles. The molecular formula is C26H29FN2O. The second-order valence-corrected chi connectivity index (χ2v) is 9.30. The maximum absolute atomic E-state index is 13.5. The predicted molar refractivity (Wildman–Crippen MR) is 117 cm³/mol. The topological polar surface area (TPSA) is 33.2 Å². The number of rotatable bonds is 3. The molecule has 1 aliphatic heterocycles. The lowest BCUT2D eigenvalue weighted by Gasteiger charge is -2.47. The molecular weight excluding hydrogens is 375 g/mol. The van der Waals surface area contributed by atoms with Crippen LogP contribution < -0.4 is 0 Å². The largest absolute Gasteiger partial charge is 0.342 e. The Morgan fingerprint density at radius 3 is 2.77 bits per heavy atom. The Balaban J connectivity index is 1.38. The van der Waals surface area contributed by atoms with E-state index in [0.29, 0.717) is 36.1 Å². The molecule has 1 aromatic carbocycles. The Labute approximate surface area is 178 Å². The van der Waals surface area contributed by atoms with E-state index < -0.39 is 0 Å². The summed E-state index contributed by atoms with van der Waals surface area (Å²) in [4.78, 5) is 19.0. The fourth-order valence-corrected chi connectivity index (χ4v) is 6.18. The van der Waals surface area contributed by atoms with Crippen LogP contribution in [0.1, 0.15) is 44.2 Å². The molecule has 2 aliphatic carbocycles. The third kappa shape index (κ3) is 3.57. The zero-order valence-electron chi connectivity index (χ0n) is 17.5. The van der Waals surface area contributed by atoms with Crippen molar-refractivity contribution in [2.75, 3.05) is 7.05 Å². The highest BCUT2D eigenvalue weighted by atomic mass is 19.1. The van der Waals surface area contributed by atoms with E-state index in [9.17, 15) is 9.18 Å². The first-order chi connectivity index (χ1) is 14.6. The molecule has 2 saturated carbocycles. The summed E-state index contributed by atoms with van der Waals surface area (Å²) >= 11 is 0. The van der Waals surface area contributed by atoms with Crippen molar-refractivity contribution in [3.8, 4) is 11.1 Å². The van der Waals surface area contributed by atoms with Crippen LogP contribution in [0.2, 0.25) is 0 Å². The molecule has 4 heteroatoms. The first-order valence-corrected chi connectivity index (χ1v) is 11.3. The Hall–Kier alpha value is -2.49. The van der Waals surface area contributed by atoms with E-state index in [1.807, 2.05) is 36.3 Å². The van der Waals surface area contributed by atoms with Gasteiger partial charge in [-0.2, -0.15) is 0 Å². The average Bonchev–Trinajstić information content (AvgIpc) is 3.05. The SMILES string of the molecule is CN1C(=O)C[C@@H]2C(/C=C/c3ccc(-c4cccc(F)c4)cn3)C3CCCCC3C[C@@H]21. The summed E-state index contributed by atoms with van der Waals surface area (Å²) in [6.07, 6.45) is 13.4. The van der Waals surface area contributed by atoms with Crippen LogP contribution in [-0.4, -0.2) is 28.9 Å². The van der Waals surface area contributed by atoms with Gasteiger partial charge in [0.15, 0.2) is 0 Å². The molecule has 0 bridgehead atoms. The van der Waals surface area contributed by atoms with Crippen LogP contribution in [0.25, 0.3) is 17.2 Å². The van der Waals surface area contributed by atoms with Crippen LogP contribution in [0.15, 0.2) is 48.7 Å². The molecule has 1 saturated heterocycles. The quantitative estimate of drug-likeness (QED) is 0.670. The van der Waals surface area contributed by atoms with Gasteiger partial charge in [-0.05, 0) is 66.4 Å². The lowest BCUT2D eigenvalue weighted by Crippen LogP contribution is -2.45. The fourth-order valence-electron chi connectivity index (χ4n) is 6.18. The standard InChI is InChI=1S/C26H29FN2O/c1-29-25-14-18-5-2-3-8-22(18)23(24(25)15-26(29)30)12-11-21-10-9-19(16-28-21)17-6-4-7-20(27)13-17/h4,6-7,9-13,16,18,22-25H,2-3,5,8,14-15H2,1H3/b12-11+/t18?,22?,23?,24-,25+/m1/s1. The van der Waals surface area contributed by atoms with Crippen LogP contribution >= 0.6 is 0 Å². The van der Waals surface area contributed by atoms with E-state index >= 15 is 0 Å². The van der Waals surface area contributed by atoms with Crippen molar-refractivity contribution >= 4 is 12.0 Å². The number of pyridine rings is 1. The van der Waals surface area contributed by atoms with E-state index in [1.165, 1.54) is 44.2 Å². The number of benzene rings is 1. The third-order valence-corrected chi connectivity index (χ3v) is 7.73. The molecule has 2 aromatic rings. The molecule has 3 nitrogen and oxygen atoms in total. The van der Waals surface area contributed by atoms with E-state index in [2.05, 4.69) is 17.1 Å². The number of carbonyl (C=O) groups excluding carboxylic acids is 1. The Morgan fingerprint density at radius 1 is 1.10 bits per heavy atom. The third-order valence-electron chi connectivity index (χ3n) is 7.73. The Morgan fingerprint density at radius 2 is 1.97 bits per heavy atom. The molecule has 2 heterocycles. The minimum Gasteiger partial charge on any atom is -0.342 e. The summed E-state index contributed by atoms with van der Waals surface area (Å²) in [5.74, 6) is 2.40. The van der Waals surface area contributed by atoms with Gasteiger partial charge < -0.3 is 4.90 Å². The molecule has 3 fully saturated rings. The number of amides is 1. The minimum atomic E-state index is -0.235.